The van der Waals surface area contributed by atoms with Crippen molar-refractivity contribution in [1.82, 2.24) is 10.3 Å². The summed E-state index contributed by atoms with van der Waals surface area (Å²) in [6.45, 7) is 11.2. The average Bonchev–Trinajstić information content (AvgIpc) is 2.32. The van der Waals surface area contributed by atoms with Crippen LogP contribution in [-0.4, -0.2) is 10.3 Å². The number of nitrogens with zero attached hydrogens (tertiary/aromatic N) is 2. The van der Waals surface area contributed by atoms with Crippen LogP contribution in [0.4, 0.5) is 0 Å². The second-order valence-corrected chi connectivity index (χ2v) is 2.52. The molecule has 58 valence electrons. The average molecular weight is 150 g/mol. The number of hydrogen-bond acceptors (Lipinski definition) is 3. The van der Waals surface area contributed by atoms with Crippen LogP contribution in [0.1, 0.15) is 25.2 Å². The lowest BCUT2D eigenvalue weighted by atomic mass is 10.1. The summed E-state index contributed by atoms with van der Waals surface area (Å²) < 4.78 is 4.55. The van der Waals surface area contributed by atoms with Crippen LogP contribution in [0.25, 0.3) is 11.1 Å². The Morgan fingerprint density at radius 1 is 1.09 bits per heavy atom. The molecule has 0 aliphatic carbocycles. The third kappa shape index (κ3) is 1.37. The first kappa shape index (κ1) is 7.72. The fourth-order valence-corrected chi connectivity index (χ4v) is 0.749. The minimum absolute atomic E-state index is 0.692. The van der Waals surface area contributed by atoms with Gasteiger partial charge >= 0.3 is 0 Å². The molecule has 0 aromatic carbocycles. The van der Waals surface area contributed by atoms with Crippen LogP contribution in [0.5, 0.6) is 0 Å². The van der Waals surface area contributed by atoms with Gasteiger partial charge in [-0.05, 0) is 35.3 Å². The summed E-state index contributed by atoms with van der Waals surface area (Å²) in [6, 6.07) is 0. The lowest BCUT2D eigenvalue weighted by Gasteiger charge is -1.93. The molecule has 1 aromatic rings. The van der Waals surface area contributed by atoms with E-state index < -0.39 is 0 Å². The number of aromatic nitrogens is 2. The van der Waals surface area contributed by atoms with Crippen molar-refractivity contribution in [1.29, 1.82) is 0 Å². The molecule has 0 saturated heterocycles. The predicted octanol–water partition coefficient (Wildman–Crippen LogP) is 2.14. The topological polar surface area (TPSA) is 38.9 Å². The standard InChI is InChI=1S/C8H10N2O/c1-5(2)7-8(6(3)4)10-11-9-7/h1,3H2,2,4H3. The Kier molecular flexibility index (Phi) is 1.89. The molecule has 0 unspecified atom stereocenters. The quantitative estimate of drug-likeness (QED) is 0.648. The zero-order valence-electron chi connectivity index (χ0n) is 6.72. The highest BCUT2D eigenvalue weighted by Crippen LogP contribution is 2.18. The van der Waals surface area contributed by atoms with Gasteiger partial charge in [0.05, 0.1) is 0 Å². The first-order chi connectivity index (χ1) is 5.13. The lowest BCUT2D eigenvalue weighted by Crippen LogP contribution is -1.85. The number of rotatable bonds is 2. The molecule has 0 atom stereocenters. The summed E-state index contributed by atoms with van der Waals surface area (Å²) in [5.74, 6) is 0. The van der Waals surface area contributed by atoms with E-state index in [9.17, 15) is 0 Å². The molecule has 0 aliphatic heterocycles. The summed E-state index contributed by atoms with van der Waals surface area (Å²) in [7, 11) is 0. The van der Waals surface area contributed by atoms with Crippen LogP contribution >= 0.6 is 0 Å². The summed E-state index contributed by atoms with van der Waals surface area (Å²) in [5, 5.41) is 7.38. The van der Waals surface area contributed by atoms with Gasteiger partial charge < -0.3 is 0 Å². The van der Waals surface area contributed by atoms with Crippen molar-refractivity contribution < 1.29 is 4.63 Å². The van der Waals surface area contributed by atoms with Gasteiger partial charge in [0.1, 0.15) is 11.4 Å². The molecule has 0 radical (unpaired) electrons. The zero-order chi connectivity index (χ0) is 8.43. The molecule has 3 heteroatoms. The van der Waals surface area contributed by atoms with Gasteiger partial charge in [-0.15, -0.1) is 0 Å². The third-order valence-electron chi connectivity index (χ3n) is 1.30. The van der Waals surface area contributed by atoms with Gasteiger partial charge in [-0.1, -0.05) is 13.2 Å². The molecule has 0 spiro atoms. The van der Waals surface area contributed by atoms with E-state index in [4.69, 9.17) is 0 Å². The van der Waals surface area contributed by atoms with E-state index >= 15 is 0 Å². The van der Waals surface area contributed by atoms with Gasteiger partial charge in [-0.3, -0.25) is 0 Å². The van der Waals surface area contributed by atoms with Crippen molar-refractivity contribution in [2.75, 3.05) is 0 Å². The maximum atomic E-state index is 4.55. The van der Waals surface area contributed by atoms with E-state index in [1.54, 1.807) is 0 Å². The smallest absolute Gasteiger partial charge is 0.137 e. The van der Waals surface area contributed by atoms with Crippen molar-refractivity contribution >= 4 is 11.1 Å². The highest BCUT2D eigenvalue weighted by molar-refractivity contribution is 5.71. The van der Waals surface area contributed by atoms with Gasteiger partial charge in [0.25, 0.3) is 0 Å². The first-order valence-corrected chi connectivity index (χ1v) is 3.27. The van der Waals surface area contributed by atoms with Crippen LogP contribution in [0.2, 0.25) is 0 Å². The van der Waals surface area contributed by atoms with Crippen LogP contribution in [-0.2, 0) is 0 Å². The molecule has 0 amide bonds. The molecule has 11 heavy (non-hydrogen) atoms. The SMILES string of the molecule is C=C(C)c1nonc1C(=C)C. The van der Waals surface area contributed by atoms with Crippen molar-refractivity contribution in [3.8, 4) is 0 Å². The van der Waals surface area contributed by atoms with Gasteiger partial charge in [-0.2, -0.15) is 0 Å². The lowest BCUT2D eigenvalue weighted by molar-refractivity contribution is 0.305. The third-order valence-corrected chi connectivity index (χ3v) is 1.30. The van der Waals surface area contributed by atoms with Crippen molar-refractivity contribution in [2.24, 2.45) is 0 Å². The highest BCUT2D eigenvalue weighted by Gasteiger charge is 2.09. The maximum Gasteiger partial charge on any atom is 0.137 e. The van der Waals surface area contributed by atoms with Crippen molar-refractivity contribution in [3.63, 3.8) is 0 Å². The second kappa shape index (κ2) is 2.70. The molecule has 0 N–H and O–H groups in total. The Labute approximate surface area is 65.4 Å². The molecule has 0 saturated carbocycles. The Morgan fingerprint density at radius 3 is 1.73 bits per heavy atom. The van der Waals surface area contributed by atoms with E-state index in [1.165, 1.54) is 0 Å². The molecule has 1 rings (SSSR count). The Hall–Kier alpha value is -1.38. The largest absolute Gasteiger partial charge is 0.243 e. The molecule has 1 aromatic heterocycles. The first-order valence-electron chi connectivity index (χ1n) is 3.27. The van der Waals surface area contributed by atoms with E-state index in [2.05, 4.69) is 28.1 Å². The van der Waals surface area contributed by atoms with Crippen molar-refractivity contribution in [3.05, 3.63) is 24.5 Å². The Morgan fingerprint density at radius 2 is 1.45 bits per heavy atom. The molecule has 1 heterocycles. The monoisotopic (exact) mass is 150 g/mol. The van der Waals surface area contributed by atoms with Crippen molar-refractivity contribution in [2.45, 2.75) is 13.8 Å². The molecule has 0 bridgehead atoms. The van der Waals surface area contributed by atoms with Crippen LogP contribution in [0.3, 0.4) is 0 Å². The fourth-order valence-electron chi connectivity index (χ4n) is 0.749. The predicted molar refractivity (Wildman–Crippen MR) is 43.7 cm³/mol. The summed E-state index contributed by atoms with van der Waals surface area (Å²) in [4.78, 5) is 0. The van der Waals surface area contributed by atoms with Crippen LogP contribution < -0.4 is 0 Å². The molecule has 0 fully saturated rings. The van der Waals surface area contributed by atoms with E-state index in [1.807, 2.05) is 13.8 Å². The molecule has 0 aliphatic rings. The van der Waals surface area contributed by atoms with E-state index in [0.29, 0.717) is 11.4 Å². The highest BCUT2D eigenvalue weighted by atomic mass is 16.6. The normalized spacial score (nSPS) is 9.64. The van der Waals surface area contributed by atoms with E-state index in [-0.39, 0.29) is 0 Å². The minimum atomic E-state index is 0.692. The summed E-state index contributed by atoms with van der Waals surface area (Å²) >= 11 is 0. The van der Waals surface area contributed by atoms with Crippen LogP contribution in [0, 0.1) is 0 Å². The zero-order valence-corrected chi connectivity index (χ0v) is 6.72. The Balaban J connectivity index is 3.16. The minimum Gasteiger partial charge on any atom is -0.243 e. The summed E-state index contributed by atoms with van der Waals surface area (Å²) in [5.41, 5.74) is 3.06. The fraction of sp³-hybridized carbons (Fsp3) is 0.250. The van der Waals surface area contributed by atoms with Gasteiger partial charge in [0.2, 0.25) is 0 Å². The molecular formula is C8H10N2O. The molecule has 3 nitrogen and oxygen atoms in total. The van der Waals surface area contributed by atoms with Gasteiger partial charge in [0, 0.05) is 0 Å². The number of allylic oxidation sites excluding steroid dienone is 2. The van der Waals surface area contributed by atoms with E-state index in [0.717, 1.165) is 11.1 Å². The van der Waals surface area contributed by atoms with Crippen LogP contribution in [0.15, 0.2) is 17.8 Å². The number of hydrogen-bond donors (Lipinski definition) is 0. The molecular weight excluding hydrogens is 140 g/mol. The maximum absolute atomic E-state index is 4.55. The second-order valence-electron chi connectivity index (χ2n) is 2.52. The van der Waals surface area contributed by atoms with Gasteiger partial charge in [0.15, 0.2) is 0 Å². The summed E-state index contributed by atoms with van der Waals surface area (Å²) in [6.07, 6.45) is 0. The Bertz CT molecular complexity index is 270. The van der Waals surface area contributed by atoms with Gasteiger partial charge in [-0.25, -0.2) is 4.63 Å².